The van der Waals surface area contributed by atoms with E-state index in [0.29, 0.717) is 0 Å². The molecular formula is C34H23NO. The van der Waals surface area contributed by atoms with Crippen LogP contribution < -0.4 is 4.90 Å². The van der Waals surface area contributed by atoms with Gasteiger partial charge in [-0.1, -0.05) is 109 Å². The maximum atomic E-state index is 6.59. The lowest BCUT2D eigenvalue weighted by molar-refractivity contribution is 0.672. The van der Waals surface area contributed by atoms with E-state index in [1.165, 1.54) is 16.5 Å². The van der Waals surface area contributed by atoms with Gasteiger partial charge in [-0.3, -0.25) is 0 Å². The van der Waals surface area contributed by atoms with Crippen molar-refractivity contribution in [2.24, 2.45) is 0 Å². The van der Waals surface area contributed by atoms with Crippen LogP contribution >= 0.6 is 0 Å². The Morgan fingerprint density at radius 1 is 0.444 bits per heavy atom. The summed E-state index contributed by atoms with van der Waals surface area (Å²) in [4.78, 5) is 2.37. The van der Waals surface area contributed by atoms with Gasteiger partial charge in [0, 0.05) is 27.7 Å². The first-order valence-corrected chi connectivity index (χ1v) is 12.2. The maximum Gasteiger partial charge on any atom is 0.145 e. The Balaban J connectivity index is 1.75. The predicted octanol–water partition coefficient (Wildman–Crippen LogP) is 9.88. The highest BCUT2D eigenvalue weighted by Crippen LogP contribution is 2.51. The first kappa shape index (κ1) is 20.5. The molecule has 0 aliphatic carbocycles. The number of nitrogens with zero attached hydrogens (tertiary/aromatic N) is 1. The van der Waals surface area contributed by atoms with Crippen LogP contribution in [-0.2, 0) is 0 Å². The highest BCUT2D eigenvalue weighted by atomic mass is 16.3. The normalized spacial score (nSPS) is 11.3. The van der Waals surface area contributed by atoms with Gasteiger partial charge < -0.3 is 9.32 Å². The zero-order valence-corrected chi connectivity index (χ0v) is 19.6. The van der Waals surface area contributed by atoms with Crippen molar-refractivity contribution in [3.8, 4) is 11.1 Å². The third-order valence-electron chi connectivity index (χ3n) is 6.82. The summed E-state index contributed by atoms with van der Waals surface area (Å²) in [6, 6.07) is 48.8. The third-order valence-corrected chi connectivity index (χ3v) is 6.82. The molecule has 0 saturated carbocycles. The number of rotatable bonds is 4. The van der Waals surface area contributed by atoms with E-state index in [9.17, 15) is 0 Å². The van der Waals surface area contributed by atoms with Gasteiger partial charge in [0.05, 0.1) is 11.1 Å². The van der Waals surface area contributed by atoms with Gasteiger partial charge >= 0.3 is 0 Å². The van der Waals surface area contributed by atoms with Crippen molar-refractivity contribution < 1.29 is 4.42 Å². The summed E-state index contributed by atoms with van der Waals surface area (Å²) in [7, 11) is 0. The molecule has 0 amide bonds. The molecular weight excluding hydrogens is 438 g/mol. The minimum Gasteiger partial charge on any atom is -0.455 e. The molecule has 1 aromatic heterocycles. The maximum absolute atomic E-state index is 6.59. The zero-order valence-electron chi connectivity index (χ0n) is 19.6. The fourth-order valence-electron chi connectivity index (χ4n) is 5.30. The summed E-state index contributed by atoms with van der Waals surface area (Å²) in [6.07, 6.45) is 0. The highest BCUT2D eigenvalue weighted by molar-refractivity contribution is 6.27. The van der Waals surface area contributed by atoms with Gasteiger partial charge in [-0.05, 0) is 41.3 Å². The molecule has 7 rings (SSSR count). The van der Waals surface area contributed by atoms with Gasteiger partial charge in [-0.25, -0.2) is 0 Å². The molecule has 1 heterocycles. The molecule has 6 aromatic carbocycles. The van der Waals surface area contributed by atoms with E-state index in [-0.39, 0.29) is 0 Å². The fourth-order valence-corrected chi connectivity index (χ4v) is 5.30. The molecule has 0 bridgehead atoms. The summed E-state index contributed by atoms with van der Waals surface area (Å²) < 4.78 is 6.59. The van der Waals surface area contributed by atoms with Crippen molar-refractivity contribution in [3.05, 3.63) is 140 Å². The van der Waals surface area contributed by atoms with Crippen molar-refractivity contribution >= 4 is 49.8 Å². The summed E-state index contributed by atoms with van der Waals surface area (Å²) in [6.45, 7) is 0. The number of furan rings is 1. The van der Waals surface area contributed by atoms with Gasteiger partial charge in [0.15, 0.2) is 0 Å². The standard InChI is InChI=1S/C34H23NO/c1-4-14-24(15-5-1)31-27-20-10-11-21-28(27)34-32(29-22-12-13-23-30(29)36-34)33(31)35(25-16-6-2-7-17-25)26-18-8-3-9-19-26/h1-23H. The Morgan fingerprint density at radius 3 is 1.58 bits per heavy atom. The van der Waals surface area contributed by atoms with Crippen LogP contribution in [0.1, 0.15) is 0 Å². The van der Waals surface area contributed by atoms with E-state index in [0.717, 1.165) is 44.4 Å². The summed E-state index contributed by atoms with van der Waals surface area (Å²) in [5, 5.41) is 4.52. The zero-order chi connectivity index (χ0) is 23.9. The molecule has 0 aliphatic heterocycles. The first-order chi connectivity index (χ1) is 17.9. The van der Waals surface area contributed by atoms with Crippen molar-refractivity contribution in [3.63, 3.8) is 0 Å². The lowest BCUT2D eigenvalue weighted by Crippen LogP contribution is -2.12. The van der Waals surface area contributed by atoms with Crippen molar-refractivity contribution in [2.75, 3.05) is 4.90 Å². The average molecular weight is 462 g/mol. The lowest BCUT2D eigenvalue weighted by atomic mass is 9.91. The molecule has 36 heavy (non-hydrogen) atoms. The van der Waals surface area contributed by atoms with Crippen LogP contribution in [0.4, 0.5) is 17.1 Å². The summed E-state index contributed by atoms with van der Waals surface area (Å²) >= 11 is 0. The molecule has 0 atom stereocenters. The fraction of sp³-hybridized carbons (Fsp3) is 0. The number of benzene rings is 6. The number of para-hydroxylation sites is 3. The van der Waals surface area contributed by atoms with Gasteiger partial charge in [-0.2, -0.15) is 0 Å². The Hall–Kier alpha value is -4.82. The second kappa shape index (κ2) is 8.44. The Kier molecular flexibility index (Phi) is 4.82. The van der Waals surface area contributed by atoms with Crippen molar-refractivity contribution in [1.29, 1.82) is 0 Å². The van der Waals surface area contributed by atoms with Crippen molar-refractivity contribution in [2.45, 2.75) is 0 Å². The molecule has 0 saturated heterocycles. The topological polar surface area (TPSA) is 16.4 Å². The lowest BCUT2D eigenvalue weighted by Gasteiger charge is -2.29. The minimum atomic E-state index is 0.894. The summed E-state index contributed by atoms with van der Waals surface area (Å²) in [5.74, 6) is 0. The molecule has 0 N–H and O–H groups in total. The van der Waals surface area contributed by atoms with Gasteiger partial charge in [0.1, 0.15) is 11.2 Å². The smallest absolute Gasteiger partial charge is 0.145 e. The van der Waals surface area contributed by atoms with Crippen LogP contribution in [0.5, 0.6) is 0 Å². The molecule has 2 nitrogen and oxygen atoms in total. The Labute approximate surface area is 209 Å². The van der Waals surface area contributed by atoms with Gasteiger partial charge in [0.2, 0.25) is 0 Å². The molecule has 0 spiro atoms. The molecule has 0 radical (unpaired) electrons. The molecule has 7 aromatic rings. The Bertz CT molecular complexity index is 1780. The van der Waals surface area contributed by atoms with E-state index in [1.807, 2.05) is 6.07 Å². The molecule has 0 aliphatic rings. The summed E-state index contributed by atoms with van der Waals surface area (Å²) in [5.41, 5.74) is 7.50. The number of hydrogen-bond donors (Lipinski definition) is 0. The van der Waals surface area contributed by atoms with E-state index in [1.54, 1.807) is 0 Å². The van der Waals surface area contributed by atoms with E-state index in [4.69, 9.17) is 4.42 Å². The second-order valence-corrected chi connectivity index (χ2v) is 8.94. The van der Waals surface area contributed by atoms with Crippen LogP contribution in [0.3, 0.4) is 0 Å². The average Bonchev–Trinajstić information content (AvgIpc) is 3.35. The van der Waals surface area contributed by atoms with E-state index in [2.05, 4.69) is 138 Å². The van der Waals surface area contributed by atoms with Crippen LogP contribution in [0, 0.1) is 0 Å². The van der Waals surface area contributed by atoms with Crippen LogP contribution in [0.2, 0.25) is 0 Å². The number of hydrogen-bond acceptors (Lipinski definition) is 2. The second-order valence-electron chi connectivity index (χ2n) is 8.94. The quantitative estimate of drug-likeness (QED) is 0.259. The number of anilines is 3. The predicted molar refractivity (Wildman–Crippen MR) is 151 cm³/mol. The monoisotopic (exact) mass is 461 g/mol. The van der Waals surface area contributed by atoms with Gasteiger partial charge in [0.25, 0.3) is 0 Å². The molecule has 0 fully saturated rings. The molecule has 0 unspecified atom stereocenters. The third kappa shape index (κ3) is 3.19. The SMILES string of the molecule is c1ccc(-c2c(N(c3ccccc3)c3ccccc3)c3c4ccccc4oc3c3ccccc23)cc1. The first-order valence-electron chi connectivity index (χ1n) is 12.2. The van der Waals surface area contributed by atoms with Crippen molar-refractivity contribution in [1.82, 2.24) is 0 Å². The van der Waals surface area contributed by atoms with Gasteiger partial charge in [-0.15, -0.1) is 0 Å². The molecule has 170 valence electrons. The van der Waals surface area contributed by atoms with Crippen LogP contribution in [0.25, 0.3) is 43.8 Å². The molecule has 2 heteroatoms. The van der Waals surface area contributed by atoms with Crippen LogP contribution in [-0.4, -0.2) is 0 Å². The van der Waals surface area contributed by atoms with E-state index < -0.39 is 0 Å². The van der Waals surface area contributed by atoms with Crippen LogP contribution in [0.15, 0.2) is 144 Å². The van der Waals surface area contributed by atoms with E-state index >= 15 is 0 Å². The largest absolute Gasteiger partial charge is 0.455 e. The Morgan fingerprint density at radius 2 is 0.944 bits per heavy atom. The number of fused-ring (bicyclic) bond motifs is 5. The highest BCUT2D eigenvalue weighted by Gasteiger charge is 2.26. The minimum absolute atomic E-state index is 0.894.